The van der Waals surface area contributed by atoms with Gasteiger partial charge < -0.3 is 4.74 Å². The lowest BCUT2D eigenvalue weighted by Gasteiger charge is -2.37. The van der Waals surface area contributed by atoms with Gasteiger partial charge in [-0.25, -0.2) is 0 Å². The van der Waals surface area contributed by atoms with Crippen LogP contribution in [0, 0.1) is 17.8 Å². The molecule has 0 aromatic carbocycles. The quantitative estimate of drug-likeness (QED) is 0.706. The fourth-order valence-electron chi connectivity index (χ4n) is 3.47. The van der Waals surface area contributed by atoms with E-state index in [1.54, 1.807) is 0 Å². The van der Waals surface area contributed by atoms with Gasteiger partial charge in [0, 0.05) is 6.42 Å². The van der Waals surface area contributed by atoms with Gasteiger partial charge in [0.25, 0.3) is 0 Å². The van der Waals surface area contributed by atoms with Crippen LogP contribution in [0.4, 0.5) is 8.78 Å². The van der Waals surface area contributed by atoms with E-state index in [1.807, 2.05) is 0 Å². The minimum Gasteiger partial charge on any atom is -0.320 e. The summed E-state index contributed by atoms with van der Waals surface area (Å²) in [5.74, 6) is 1.92. The van der Waals surface area contributed by atoms with E-state index in [1.165, 1.54) is 38.5 Å². The fourth-order valence-corrected chi connectivity index (χ4v) is 3.47. The number of rotatable bonds is 3. The van der Waals surface area contributed by atoms with Crippen LogP contribution in [0.3, 0.4) is 0 Å². The largest absolute Gasteiger partial charge is 0.355 e. The number of halogens is 2. The van der Waals surface area contributed by atoms with E-state index in [2.05, 4.69) is 11.7 Å². The normalized spacial score (nSPS) is 37.9. The van der Waals surface area contributed by atoms with E-state index in [0.717, 1.165) is 5.92 Å². The molecule has 3 heteroatoms. The Morgan fingerprint density at radius 3 is 2.29 bits per heavy atom. The van der Waals surface area contributed by atoms with Crippen molar-refractivity contribution in [3.63, 3.8) is 0 Å². The monoisotopic (exact) mass is 246 g/mol. The first-order chi connectivity index (χ1) is 8.11. The summed E-state index contributed by atoms with van der Waals surface area (Å²) in [6, 6.07) is 0. The molecule has 1 aliphatic heterocycles. The summed E-state index contributed by atoms with van der Waals surface area (Å²) in [7, 11) is 0. The van der Waals surface area contributed by atoms with Crippen molar-refractivity contribution in [2.75, 3.05) is 6.61 Å². The molecular formula is C14H24F2O. The Bertz CT molecular complexity index is 224. The molecule has 1 atom stereocenters. The van der Waals surface area contributed by atoms with E-state index in [4.69, 9.17) is 0 Å². The summed E-state index contributed by atoms with van der Waals surface area (Å²) in [4.78, 5) is 0. The van der Waals surface area contributed by atoms with E-state index < -0.39 is 6.11 Å². The van der Waals surface area contributed by atoms with Crippen LogP contribution in [0.1, 0.15) is 58.3 Å². The Morgan fingerprint density at radius 1 is 1.06 bits per heavy atom. The second-order valence-electron chi connectivity index (χ2n) is 5.82. The molecule has 0 aromatic rings. The molecule has 100 valence electrons. The Labute approximate surface area is 103 Å². The fraction of sp³-hybridized carbons (Fsp3) is 1.00. The molecule has 2 fully saturated rings. The second-order valence-corrected chi connectivity index (χ2v) is 5.82. The van der Waals surface area contributed by atoms with Gasteiger partial charge in [-0.2, -0.15) is 8.78 Å². The molecule has 1 saturated carbocycles. The zero-order chi connectivity index (χ0) is 12.3. The van der Waals surface area contributed by atoms with Gasteiger partial charge in [-0.1, -0.05) is 32.6 Å². The lowest BCUT2D eigenvalue weighted by atomic mass is 9.73. The molecule has 1 heterocycles. The highest BCUT2D eigenvalue weighted by atomic mass is 19.3. The first kappa shape index (κ1) is 13.3. The molecule has 17 heavy (non-hydrogen) atoms. The molecule has 0 radical (unpaired) electrons. The predicted octanol–water partition coefficient (Wildman–Crippen LogP) is 4.61. The molecule has 0 amide bonds. The maximum Gasteiger partial charge on any atom is 0.355 e. The highest BCUT2D eigenvalue weighted by Gasteiger charge is 2.39. The molecule has 2 rings (SSSR count). The van der Waals surface area contributed by atoms with Gasteiger partial charge in [0.1, 0.15) is 0 Å². The Kier molecular flexibility index (Phi) is 4.40. The third-order valence-electron chi connectivity index (χ3n) is 4.57. The van der Waals surface area contributed by atoms with E-state index in [-0.39, 0.29) is 13.0 Å². The zero-order valence-electron chi connectivity index (χ0n) is 10.8. The third-order valence-corrected chi connectivity index (χ3v) is 4.57. The molecule has 0 N–H and O–H groups in total. The molecular weight excluding hydrogens is 222 g/mol. The average Bonchev–Trinajstić information content (AvgIpc) is 2.31. The van der Waals surface area contributed by atoms with Gasteiger partial charge in [0.2, 0.25) is 0 Å². The van der Waals surface area contributed by atoms with Crippen molar-refractivity contribution < 1.29 is 13.5 Å². The molecule has 0 spiro atoms. The van der Waals surface area contributed by atoms with Crippen molar-refractivity contribution in [2.45, 2.75) is 64.4 Å². The number of hydrogen-bond acceptors (Lipinski definition) is 1. The molecule has 0 aromatic heterocycles. The van der Waals surface area contributed by atoms with Gasteiger partial charge in [0.05, 0.1) is 6.61 Å². The molecule has 1 nitrogen and oxygen atoms in total. The van der Waals surface area contributed by atoms with Crippen molar-refractivity contribution in [3.8, 4) is 0 Å². The first-order valence-corrected chi connectivity index (χ1v) is 7.12. The van der Waals surface area contributed by atoms with Gasteiger partial charge in [-0.3, -0.25) is 0 Å². The van der Waals surface area contributed by atoms with Crippen molar-refractivity contribution in [2.24, 2.45) is 17.8 Å². The zero-order valence-corrected chi connectivity index (χ0v) is 10.8. The maximum absolute atomic E-state index is 12.9. The summed E-state index contributed by atoms with van der Waals surface area (Å²) in [6.07, 6.45) is 5.38. The molecule has 1 aliphatic carbocycles. The van der Waals surface area contributed by atoms with Gasteiger partial charge in [0.15, 0.2) is 0 Å². The SMILES string of the molecule is CCCC1CCC(C2CCC(F)(F)OC2)CC1. The smallest absolute Gasteiger partial charge is 0.320 e. The van der Waals surface area contributed by atoms with E-state index >= 15 is 0 Å². The Balaban J connectivity index is 1.74. The van der Waals surface area contributed by atoms with Gasteiger partial charge >= 0.3 is 6.11 Å². The molecule has 1 unspecified atom stereocenters. The lowest BCUT2D eigenvalue weighted by Crippen LogP contribution is -2.35. The van der Waals surface area contributed by atoms with E-state index in [9.17, 15) is 8.78 Å². The van der Waals surface area contributed by atoms with Crippen molar-refractivity contribution in [1.82, 2.24) is 0 Å². The molecule has 1 saturated heterocycles. The Hall–Kier alpha value is -0.180. The standard InChI is InChI=1S/C14H24F2O/c1-2-3-11-4-6-12(7-5-11)13-8-9-14(15,16)17-10-13/h11-13H,2-10H2,1H3. The molecule has 2 aliphatic rings. The topological polar surface area (TPSA) is 9.23 Å². The van der Waals surface area contributed by atoms with Crippen molar-refractivity contribution in [3.05, 3.63) is 0 Å². The summed E-state index contributed by atoms with van der Waals surface area (Å²) in [6.45, 7) is 2.51. The third kappa shape index (κ3) is 3.64. The minimum absolute atomic E-state index is 0.0768. The number of alkyl halides is 2. The van der Waals surface area contributed by atoms with Crippen LogP contribution in [-0.4, -0.2) is 12.7 Å². The lowest BCUT2D eigenvalue weighted by molar-refractivity contribution is -0.272. The number of ether oxygens (including phenoxy) is 1. The van der Waals surface area contributed by atoms with Crippen LogP contribution in [-0.2, 0) is 4.74 Å². The van der Waals surface area contributed by atoms with Crippen molar-refractivity contribution in [1.29, 1.82) is 0 Å². The second kappa shape index (κ2) is 5.64. The maximum atomic E-state index is 12.9. The van der Waals surface area contributed by atoms with Crippen LogP contribution in [0.2, 0.25) is 0 Å². The van der Waals surface area contributed by atoms with Crippen LogP contribution in [0.15, 0.2) is 0 Å². The van der Waals surface area contributed by atoms with Crippen molar-refractivity contribution >= 4 is 0 Å². The number of hydrogen-bond donors (Lipinski definition) is 0. The van der Waals surface area contributed by atoms with Crippen LogP contribution in [0.25, 0.3) is 0 Å². The summed E-state index contributed by atoms with van der Waals surface area (Å²) in [5, 5.41) is 0. The predicted molar refractivity (Wildman–Crippen MR) is 64.0 cm³/mol. The van der Waals surface area contributed by atoms with E-state index in [0.29, 0.717) is 18.3 Å². The van der Waals surface area contributed by atoms with Crippen LogP contribution in [0.5, 0.6) is 0 Å². The average molecular weight is 246 g/mol. The molecule has 0 bridgehead atoms. The highest BCUT2D eigenvalue weighted by Crippen LogP contribution is 2.41. The van der Waals surface area contributed by atoms with Gasteiger partial charge in [-0.05, 0) is 37.0 Å². The summed E-state index contributed by atoms with van der Waals surface area (Å²) >= 11 is 0. The minimum atomic E-state index is -2.85. The highest BCUT2D eigenvalue weighted by molar-refractivity contribution is 4.80. The van der Waals surface area contributed by atoms with Crippen LogP contribution >= 0.6 is 0 Å². The van der Waals surface area contributed by atoms with Crippen LogP contribution < -0.4 is 0 Å². The first-order valence-electron chi connectivity index (χ1n) is 7.12. The van der Waals surface area contributed by atoms with Gasteiger partial charge in [-0.15, -0.1) is 0 Å². The Morgan fingerprint density at radius 2 is 1.76 bits per heavy atom. The summed E-state index contributed by atoms with van der Waals surface area (Å²) < 4.78 is 30.4. The summed E-state index contributed by atoms with van der Waals surface area (Å²) in [5.41, 5.74) is 0.